The maximum Gasteiger partial charge on any atom is 0.251 e. The lowest BCUT2D eigenvalue weighted by molar-refractivity contribution is 0.0953. The van der Waals surface area contributed by atoms with Crippen LogP contribution in [0, 0.1) is 0 Å². The van der Waals surface area contributed by atoms with Crippen molar-refractivity contribution in [1.82, 2.24) is 30.7 Å². The van der Waals surface area contributed by atoms with Crippen LogP contribution in [0.4, 0.5) is 0 Å². The average Bonchev–Trinajstić information content (AvgIpc) is 3.07. The molecule has 0 aliphatic rings. The first-order chi connectivity index (χ1) is 12.6. The lowest BCUT2D eigenvalue weighted by atomic mass is 10.1. The Hall–Kier alpha value is -2.90. The van der Waals surface area contributed by atoms with Gasteiger partial charge in [-0.15, -0.1) is 0 Å². The highest BCUT2D eigenvalue weighted by atomic mass is 16.1. The van der Waals surface area contributed by atoms with Crippen LogP contribution < -0.4 is 16.0 Å². The fourth-order valence-electron chi connectivity index (χ4n) is 2.30. The summed E-state index contributed by atoms with van der Waals surface area (Å²) >= 11 is 0. The number of unbranched alkanes of at least 4 members (excludes halogenated alkanes) is 1. The third-order valence-electron chi connectivity index (χ3n) is 3.93. The summed E-state index contributed by atoms with van der Waals surface area (Å²) < 4.78 is 1.71. The average molecular weight is 357 g/mol. The van der Waals surface area contributed by atoms with Gasteiger partial charge in [0.2, 0.25) is 0 Å². The highest BCUT2D eigenvalue weighted by Gasteiger charge is 2.06. The predicted molar refractivity (Wildman–Crippen MR) is 102 cm³/mol. The summed E-state index contributed by atoms with van der Waals surface area (Å²) in [5.74, 6) is 1.47. The first kappa shape index (κ1) is 19.4. The molecule has 8 nitrogen and oxygen atoms in total. The molecule has 0 saturated heterocycles. The lowest BCUT2D eigenvalue weighted by Gasteiger charge is -2.12. The monoisotopic (exact) mass is 357 g/mol. The van der Waals surface area contributed by atoms with Crippen molar-refractivity contribution in [3.8, 4) is 0 Å². The first-order valence-corrected chi connectivity index (χ1v) is 8.78. The molecule has 0 fully saturated rings. The Morgan fingerprint density at radius 2 is 1.88 bits per heavy atom. The number of aromatic nitrogens is 3. The minimum Gasteiger partial charge on any atom is -0.352 e. The van der Waals surface area contributed by atoms with Gasteiger partial charge in [-0.2, -0.15) is 5.10 Å². The van der Waals surface area contributed by atoms with Crippen molar-refractivity contribution < 1.29 is 4.79 Å². The van der Waals surface area contributed by atoms with Gasteiger partial charge in [-0.1, -0.05) is 25.5 Å². The van der Waals surface area contributed by atoms with Crippen LogP contribution in [0.1, 0.15) is 41.5 Å². The molecule has 2 aromatic rings. The molecule has 2 rings (SSSR count). The molecule has 3 N–H and O–H groups in total. The van der Waals surface area contributed by atoms with E-state index < -0.39 is 0 Å². The molecule has 1 amide bonds. The number of nitrogens with zero attached hydrogens (tertiary/aromatic N) is 4. The number of aliphatic imine (C=N–C) groups is 1. The summed E-state index contributed by atoms with van der Waals surface area (Å²) in [6.07, 6.45) is 3.58. The molecule has 1 aromatic carbocycles. The van der Waals surface area contributed by atoms with E-state index in [1.807, 2.05) is 31.3 Å². The predicted octanol–water partition coefficient (Wildman–Crippen LogP) is 1.21. The van der Waals surface area contributed by atoms with Gasteiger partial charge in [0.1, 0.15) is 12.2 Å². The number of hydrogen-bond acceptors (Lipinski definition) is 4. The van der Waals surface area contributed by atoms with Crippen LogP contribution in [-0.2, 0) is 20.1 Å². The number of hydrogen-bond donors (Lipinski definition) is 3. The Balaban J connectivity index is 1.80. The molecular weight excluding hydrogens is 330 g/mol. The molecule has 0 aliphatic carbocycles. The first-order valence-electron chi connectivity index (χ1n) is 8.78. The number of guanidine groups is 1. The van der Waals surface area contributed by atoms with Gasteiger partial charge >= 0.3 is 0 Å². The summed E-state index contributed by atoms with van der Waals surface area (Å²) in [5, 5.41) is 13.4. The SMILES string of the molecule is CCCCNC(=O)c1ccc(CNC(=NC)NCc2ncnn2C)cc1. The van der Waals surface area contributed by atoms with E-state index in [2.05, 4.69) is 37.9 Å². The van der Waals surface area contributed by atoms with Gasteiger partial charge in [-0.05, 0) is 24.1 Å². The lowest BCUT2D eigenvalue weighted by Crippen LogP contribution is -2.37. The fourth-order valence-corrected chi connectivity index (χ4v) is 2.30. The molecule has 1 aromatic heterocycles. The van der Waals surface area contributed by atoms with Crippen LogP contribution in [0.25, 0.3) is 0 Å². The van der Waals surface area contributed by atoms with Crippen LogP contribution in [0.2, 0.25) is 0 Å². The highest BCUT2D eigenvalue weighted by Crippen LogP contribution is 2.04. The van der Waals surface area contributed by atoms with Crippen LogP contribution in [0.5, 0.6) is 0 Å². The van der Waals surface area contributed by atoms with Crippen LogP contribution >= 0.6 is 0 Å². The van der Waals surface area contributed by atoms with Crippen LogP contribution in [0.3, 0.4) is 0 Å². The second-order valence-electron chi connectivity index (χ2n) is 5.89. The van der Waals surface area contributed by atoms with Gasteiger partial charge in [0.25, 0.3) is 5.91 Å². The molecule has 140 valence electrons. The molecule has 0 aliphatic heterocycles. The van der Waals surface area contributed by atoms with Crippen molar-refractivity contribution in [3.63, 3.8) is 0 Å². The van der Waals surface area contributed by atoms with Crippen molar-refractivity contribution in [2.75, 3.05) is 13.6 Å². The highest BCUT2D eigenvalue weighted by molar-refractivity contribution is 5.94. The van der Waals surface area contributed by atoms with Crippen molar-refractivity contribution in [2.45, 2.75) is 32.9 Å². The van der Waals surface area contributed by atoms with Crippen molar-refractivity contribution >= 4 is 11.9 Å². The number of carbonyl (C=O) groups excluding carboxylic acids is 1. The van der Waals surface area contributed by atoms with Crippen LogP contribution in [-0.4, -0.2) is 40.2 Å². The van der Waals surface area contributed by atoms with Gasteiger partial charge in [-0.3, -0.25) is 14.5 Å². The number of nitrogens with one attached hydrogen (secondary N) is 3. The van der Waals surface area contributed by atoms with Crippen molar-refractivity contribution in [2.24, 2.45) is 12.0 Å². The molecular formula is C18H27N7O. The molecule has 26 heavy (non-hydrogen) atoms. The zero-order valence-corrected chi connectivity index (χ0v) is 15.6. The zero-order valence-electron chi connectivity index (χ0n) is 15.6. The standard InChI is InChI=1S/C18H27N7O/c1-4-5-10-20-17(26)15-8-6-14(7-9-15)11-21-18(19-2)22-12-16-23-13-24-25(16)3/h6-9,13H,4-5,10-12H2,1-3H3,(H,20,26)(H2,19,21,22). The smallest absolute Gasteiger partial charge is 0.251 e. The second-order valence-corrected chi connectivity index (χ2v) is 5.89. The van der Waals surface area contributed by atoms with Gasteiger partial charge in [0, 0.05) is 32.7 Å². The molecule has 0 atom stereocenters. The Labute approximate surface area is 154 Å². The summed E-state index contributed by atoms with van der Waals surface area (Å²) in [7, 11) is 3.57. The fraction of sp³-hybridized carbons (Fsp3) is 0.444. The van der Waals surface area contributed by atoms with E-state index in [4.69, 9.17) is 0 Å². The van der Waals surface area contributed by atoms with E-state index in [-0.39, 0.29) is 5.91 Å². The maximum absolute atomic E-state index is 12.0. The number of rotatable bonds is 8. The van der Waals surface area contributed by atoms with E-state index >= 15 is 0 Å². The molecule has 8 heteroatoms. The Morgan fingerprint density at radius 1 is 1.15 bits per heavy atom. The number of carbonyl (C=O) groups is 1. The molecule has 1 heterocycles. The summed E-state index contributed by atoms with van der Waals surface area (Å²) in [6, 6.07) is 7.57. The number of amides is 1. The van der Waals surface area contributed by atoms with E-state index in [1.165, 1.54) is 6.33 Å². The quantitative estimate of drug-likeness (QED) is 0.375. The summed E-state index contributed by atoms with van der Waals surface area (Å²) in [4.78, 5) is 20.4. The number of benzene rings is 1. The minimum atomic E-state index is -0.0286. The van der Waals surface area contributed by atoms with Gasteiger partial charge in [0.05, 0.1) is 6.54 Å². The van der Waals surface area contributed by atoms with E-state index in [1.54, 1.807) is 11.7 Å². The van der Waals surface area contributed by atoms with E-state index in [0.29, 0.717) is 31.2 Å². The Bertz CT molecular complexity index is 721. The zero-order chi connectivity index (χ0) is 18.8. The van der Waals surface area contributed by atoms with Gasteiger partial charge in [-0.25, -0.2) is 4.98 Å². The van der Waals surface area contributed by atoms with E-state index in [0.717, 1.165) is 24.2 Å². The normalized spacial score (nSPS) is 11.3. The van der Waals surface area contributed by atoms with Crippen LogP contribution in [0.15, 0.2) is 35.6 Å². The van der Waals surface area contributed by atoms with Gasteiger partial charge in [0.15, 0.2) is 5.96 Å². The summed E-state index contributed by atoms with van der Waals surface area (Å²) in [5.41, 5.74) is 1.74. The Kier molecular flexibility index (Phi) is 7.60. The Morgan fingerprint density at radius 3 is 2.50 bits per heavy atom. The largest absolute Gasteiger partial charge is 0.352 e. The van der Waals surface area contributed by atoms with Gasteiger partial charge < -0.3 is 16.0 Å². The topological polar surface area (TPSA) is 96.2 Å². The number of aryl methyl sites for hydroxylation is 1. The van der Waals surface area contributed by atoms with Crippen molar-refractivity contribution in [1.29, 1.82) is 0 Å². The second kappa shape index (κ2) is 10.2. The maximum atomic E-state index is 12.0. The van der Waals surface area contributed by atoms with E-state index in [9.17, 15) is 4.79 Å². The third kappa shape index (κ3) is 5.87. The third-order valence-corrected chi connectivity index (χ3v) is 3.93. The van der Waals surface area contributed by atoms with Crippen molar-refractivity contribution in [3.05, 3.63) is 47.5 Å². The molecule has 0 bridgehead atoms. The molecule has 0 radical (unpaired) electrons. The molecule has 0 spiro atoms. The summed E-state index contributed by atoms with van der Waals surface area (Å²) in [6.45, 7) is 3.96. The molecule has 0 unspecified atom stereocenters. The minimum absolute atomic E-state index is 0.0286. The molecule has 0 saturated carbocycles.